The van der Waals surface area contributed by atoms with Gasteiger partial charge in [-0.05, 0) is 24.0 Å². The van der Waals surface area contributed by atoms with Crippen LogP contribution in [0.4, 0.5) is 4.79 Å². The van der Waals surface area contributed by atoms with Crippen molar-refractivity contribution < 1.29 is 14.7 Å². The highest BCUT2D eigenvalue weighted by molar-refractivity contribution is 5.77. The Morgan fingerprint density at radius 2 is 1.88 bits per heavy atom. The average molecular weight is 360 g/mol. The minimum atomic E-state index is -0.586. The van der Waals surface area contributed by atoms with Crippen LogP contribution >= 0.6 is 0 Å². The zero-order valence-electron chi connectivity index (χ0n) is 15.4. The first-order valence-electron chi connectivity index (χ1n) is 9.19. The van der Waals surface area contributed by atoms with Crippen LogP contribution in [0.5, 0.6) is 0 Å². The molecular formula is C19H28N4O3. The molecule has 142 valence electrons. The lowest BCUT2D eigenvalue weighted by molar-refractivity contribution is -0.130. The van der Waals surface area contributed by atoms with Crippen molar-refractivity contribution in [2.75, 3.05) is 33.7 Å². The maximum Gasteiger partial charge on any atom is 0.315 e. The molecule has 2 atom stereocenters. The topological polar surface area (TPSA) is 84.9 Å². The summed E-state index contributed by atoms with van der Waals surface area (Å²) < 4.78 is 0. The largest absolute Gasteiger partial charge is 0.390 e. The molecular weight excluding hydrogens is 332 g/mol. The molecule has 1 aromatic rings. The van der Waals surface area contributed by atoms with E-state index in [4.69, 9.17) is 0 Å². The SMILES string of the molecule is CN(C)C(=O)CN1CCC(NC(=O)N[C@H]2c3ccccc3C[C@H]2O)CC1. The number of benzene rings is 1. The smallest absolute Gasteiger partial charge is 0.315 e. The number of hydrogen-bond acceptors (Lipinski definition) is 4. The summed E-state index contributed by atoms with van der Waals surface area (Å²) in [6.07, 6.45) is 1.62. The molecule has 0 aromatic heterocycles. The summed E-state index contributed by atoms with van der Waals surface area (Å²) in [6.45, 7) is 2.01. The number of nitrogens with one attached hydrogen (secondary N) is 2. The maximum absolute atomic E-state index is 12.4. The standard InChI is InChI=1S/C19H28N4O3/c1-22(2)17(25)12-23-9-7-14(8-10-23)20-19(26)21-18-15-6-4-3-5-13(15)11-16(18)24/h3-6,14,16,18,24H,7-12H2,1-2H3,(H2,20,21,26)/t16-,18+/m1/s1. The molecule has 1 heterocycles. The molecule has 1 aliphatic heterocycles. The average Bonchev–Trinajstić information content (AvgIpc) is 2.92. The van der Waals surface area contributed by atoms with Gasteiger partial charge in [0, 0.05) is 39.6 Å². The molecule has 0 radical (unpaired) electrons. The number of fused-ring (bicyclic) bond motifs is 1. The third-order valence-corrected chi connectivity index (χ3v) is 5.27. The second kappa shape index (κ2) is 8.05. The van der Waals surface area contributed by atoms with Crippen LogP contribution in [-0.2, 0) is 11.2 Å². The Bertz CT molecular complexity index is 656. The molecule has 2 aliphatic rings. The summed E-state index contributed by atoms with van der Waals surface area (Å²) in [5.41, 5.74) is 2.08. The number of amides is 3. The fourth-order valence-corrected chi connectivity index (χ4v) is 3.68. The number of nitrogens with zero attached hydrogens (tertiary/aromatic N) is 2. The molecule has 1 aromatic carbocycles. The van der Waals surface area contributed by atoms with Gasteiger partial charge in [0.05, 0.1) is 18.7 Å². The zero-order valence-corrected chi connectivity index (χ0v) is 15.4. The van der Waals surface area contributed by atoms with E-state index in [1.165, 1.54) is 0 Å². The van der Waals surface area contributed by atoms with E-state index in [0.29, 0.717) is 13.0 Å². The highest BCUT2D eigenvalue weighted by atomic mass is 16.3. The monoisotopic (exact) mass is 360 g/mol. The van der Waals surface area contributed by atoms with Gasteiger partial charge in [-0.1, -0.05) is 24.3 Å². The predicted molar refractivity (Wildman–Crippen MR) is 98.7 cm³/mol. The van der Waals surface area contributed by atoms with E-state index in [1.807, 2.05) is 24.3 Å². The van der Waals surface area contributed by atoms with Gasteiger partial charge in [0.1, 0.15) is 0 Å². The van der Waals surface area contributed by atoms with Crippen molar-refractivity contribution >= 4 is 11.9 Å². The van der Waals surface area contributed by atoms with Crippen LogP contribution in [0.25, 0.3) is 0 Å². The molecule has 1 saturated heterocycles. The first-order valence-corrected chi connectivity index (χ1v) is 9.19. The second-order valence-corrected chi connectivity index (χ2v) is 7.40. The highest BCUT2D eigenvalue weighted by Gasteiger charge is 2.32. The molecule has 7 heteroatoms. The van der Waals surface area contributed by atoms with Crippen molar-refractivity contribution in [3.63, 3.8) is 0 Å². The van der Waals surface area contributed by atoms with Crippen LogP contribution in [0.2, 0.25) is 0 Å². The number of likely N-dealkylation sites (tertiary alicyclic amines) is 1. The molecule has 0 spiro atoms. The summed E-state index contributed by atoms with van der Waals surface area (Å²) in [6, 6.07) is 7.31. The molecule has 3 N–H and O–H groups in total. The fraction of sp³-hybridized carbons (Fsp3) is 0.579. The first kappa shape index (κ1) is 18.7. The number of carbonyl (C=O) groups excluding carboxylic acids is 2. The Labute approximate surface area is 154 Å². The van der Waals surface area contributed by atoms with Gasteiger partial charge in [-0.15, -0.1) is 0 Å². The maximum atomic E-state index is 12.4. The van der Waals surface area contributed by atoms with Crippen molar-refractivity contribution in [1.82, 2.24) is 20.4 Å². The number of urea groups is 1. The van der Waals surface area contributed by atoms with Crippen molar-refractivity contribution in [2.45, 2.75) is 37.5 Å². The third-order valence-electron chi connectivity index (χ3n) is 5.27. The minimum absolute atomic E-state index is 0.0921. The minimum Gasteiger partial charge on any atom is -0.390 e. The van der Waals surface area contributed by atoms with Gasteiger partial charge in [-0.2, -0.15) is 0 Å². The Hall–Kier alpha value is -2.12. The van der Waals surface area contributed by atoms with E-state index in [-0.39, 0.29) is 24.0 Å². The van der Waals surface area contributed by atoms with E-state index in [0.717, 1.165) is 37.1 Å². The van der Waals surface area contributed by atoms with Crippen molar-refractivity contribution in [3.8, 4) is 0 Å². The van der Waals surface area contributed by atoms with Crippen LogP contribution < -0.4 is 10.6 Å². The number of aliphatic hydroxyl groups excluding tert-OH is 1. The van der Waals surface area contributed by atoms with Gasteiger partial charge < -0.3 is 20.6 Å². The van der Waals surface area contributed by atoms with Gasteiger partial charge in [0.15, 0.2) is 0 Å². The third kappa shape index (κ3) is 4.34. The normalized spacial score (nSPS) is 23.3. The summed E-state index contributed by atoms with van der Waals surface area (Å²) in [5, 5.41) is 16.2. The molecule has 0 unspecified atom stereocenters. The van der Waals surface area contributed by atoms with Gasteiger partial charge in [-0.25, -0.2) is 4.79 Å². The molecule has 1 fully saturated rings. The summed E-state index contributed by atoms with van der Waals surface area (Å²) in [7, 11) is 3.52. The first-order chi connectivity index (χ1) is 12.4. The number of carbonyl (C=O) groups is 2. The summed E-state index contributed by atoms with van der Waals surface area (Å²) in [5.74, 6) is 0.100. The predicted octanol–water partition coefficient (Wildman–Crippen LogP) is 0.497. The second-order valence-electron chi connectivity index (χ2n) is 7.40. The Morgan fingerprint density at radius 1 is 1.19 bits per heavy atom. The Morgan fingerprint density at radius 3 is 2.58 bits per heavy atom. The van der Waals surface area contributed by atoms with E-state index in [1.54, 1.807) is 19.0 Å². The lowest BCUT2D eigenvalue weighted by Gasteiger charge is -2.32. The van der Waals surface area contributed by atoms with Crippen LogP contribution in [0.15, 0.2) is 24.3 Å². The van der Waals surface area contributed by atoms with E-state index in [9.17, 15) is 14.7 Å². The molecule has 3 amide bonds. The molecule has 1 aliphatic carbocycles. The van der Waals surface area contributed by atoms with Crippen molar-refractivity contribution in [1.29, 1.82) is 0 Å². The van der Waals surface area contributed by atoms with Crippen LogP contribution in [0.1, 0.15) is 30.0 Å². The van der Waals surface area contributed by atoms with Crippen LogP contribution in [-0.4, -0.2) is 72.7 Å². The van der Waals surface area contributed by atoms with Gasteiger partial charge in [0.25, 0.3) is 0 Å². The molecule has 7 nitrogen and oxygen atoms in total. The Balaban J connectivity index is 1.46. The van der Waals surface area contributed by atoms with Crippen LogP contribution in [0, 0.1) is 0 Å². The van der Waals surface area contributed by atoms with E-state index >= 15 is 0 Å². The number of piperidine rings is 1. The summed E-state index contributed by atoms with van der Waals surface area (Å²) in [4.78, 5) is 27.9. The van der Waals surface area contributed by atoms with E-state index in [2.05, 4.69) is 15.5 Å². The molecule has 0 saturated carbocycles. The van der Waals surface area contributed by atoms with E-state index < -0.39 is 6.10 Å². The van der Waals surface area contributed by atoms with Crippen LogP contribution in [0.3, 0.4) is 0 Å². The zero-order chi connectivity index (χ0) is 18.7. The molecule has 0 bridgehead atoms. The lowest BCUT2D eigenvalue weighted by Crippen LogP contribution is -2.50. The summed E-state index contributed by atoms with van der Waals surface area (Å²) >= 11 is 0. The van der Waals surface area contributed by atoms with Crippen molar-refractivity contribution in [2.24, 2.45) is 0 Å². The van der Waals surface area contributed by atoms with Gasteiger partial charge in [-0.3, -0.25) is 9.69 Å². The number of hydrogen-bond donors (Lipinski definition) is 3. The number of likely N-dealkylation sites (N-methyl/N-ethyl adjacent to an activating group) is 1. The molecule has 3 rings (SSSR count). The quantitative estimate of drug-likeness (QED) is 0.730. The van der Waals surface area contributed by atoms with Crippen molar-refractivity contribution in [3.05, 3.63) is 35.4 Å². The lowest BCUT2D eigenvalue weighted by atomic mass is 10.1. The number of rotatable bonds is 4. The fourth-order valence-electron chi connectivity index (χ4n) is 3.68. The van der Waals surface area contributed by atoms with Gasteiger partial charge >= 0.3 is 6.03 Å². The van der Waals surface area contributed by atoms with Gasteiger partial charge in [0.2, 0.25) is 5.91 Å². The molecule has 26 heavy (non-hydrogen) atoms. The Kier molecular flexibility index (Phi) is 5.78. The highest BCUT2D eigenvalue weighted by Crippen LogP contribution is 2.31. The number of aliphatic hydroxyl groups is 1.